The fourth-order valence-electron chi connectivity index (χ4n) is 1.86. The van der Waals surface area contributed by atoms with Gasteiger partial charge in [0.1, 0.15) is 5.75 Å². The van der Waals surface area contributed by atoms with Crippen molar-refractivity contribution >= 4 is 5.78 Å². The largest absolute Gasteiger partial charge is 0.494 e. The highest BCUT2D eigenvalue weighted by atomic mass is 16.5. The van der Waals surface area contributed by atoms with E-state index in [2.05, 4.69) is 5.10 Å². The Kier molecular flexibility index (Phi) is 4.34. The summed E-state index contributed by atoms with van der Waals surface area (Å²) < 4.78 is 7.17. The minimum atomic E-state index is 0.0960. The van der Waals surface area contributed by atoms with Crippen molar-refractivity contribution in [2.75, 3.05) is 6.61 Å². The number of benzene rings is 1. The van der Waals surface area contributed by atoms with Crippen LogP contribution in [0.4, 0.5) is 0 Å². The Labute approximate surface area is 113 Å². The summed E-state index contributed by atoms with van der Waals surface area (Å²) in [6.07, 6.45) is 4.04. The van der Waals surface area contributed by atoms with E-state index in [9.17, 15) is 4.79 Å². The van der Waals surface area contributed by atoms with Crippen molar-refractivity contribution < 1.29 is 9.53 Å². The fraction of sp³-hybridized carbons (Fsp3) is 0.333. The summed E-state index contributed by atoms with van der Waals surface area (Å²) in [6.45, 7) is 5.40. The molecule has 1 aromatic heterocycles. The molecular weight excluding hydrogens is 240 g/mol. The van der Waals surface area contributed by atoms with E-state index in [-0.39, 0.29) is 5.78 Å². The summed E-state index contributed by atoms with van der Waals surface area (Å²) in [7, 11) is 0. The Morgan fingerprint density at radius 1 is 1.26 bits per heavy atom. The molecule has 0 spiro atoms. The summed E-state index contributed by atoms with van der Waals surface area (Å²) in [6, 6.07) is 7.26. The number of aryl methyl sites for hydroxylation is 1. The van der Waals surface area contributed by atoms with Gasteiger partial charge in [-0.3, -0.25) is 9.48 Å². The Bertz CT molecular complexity index is 544. The lowest BCUT2D eigenvalue weighted by Gasteiger charge is -2.04. The topological polar surface area (TPSA) is 44.1 Å². The average Bonchev–Trinajstić information content (AvgIpc) is 2.87. The number of rotatable bonds is 6. The summed E-state index contributed by atoms with van der Waals surface area (Å²) in [5.74, 6) is 0.886. The maximum Gasteiger partial charge on any atom is 0.167 e. The number of nitrogens with zero attached hydrogens (tertiary/aromatic N) is 2. The third-order valence-electron chi connectivity index (χ3n) is 2.86. The van der Waals surface area contributed by atoms with Gasteiger partial charge in [-0.1, -0.05) is 0 Å². The molecule has 0 saturated carbocycles. The van der Waals surface area contributed by atoms with E-state index in [1.807, 2.05) is 36.9 Å². The van der Waals surface area contributed by atoms with Gasteiger partial charge < -0.3 is 4.74 Å². The molecule has 4 nitrogen and oxygen atoms in total. The zero-order chi connectivity index (χ0) is 13.7. The molecule has 0 fully saturated rings. The van der Waals surface area contributed by atoms with Crippen molar-refractivity contribution in [2.24, 2.45) is 0 Å². The molecule has 100 valence electrons. The van der Waals surface area contributed by atoms with Crippen molar-refractivity contribution in [3.05, 3.63) is 47.8 Å². The van der Waals surface area contributed by atoms with Crippen molar-refractivity contribution in [1.29, 1.82) is 0 Å². The summed E-state index contributed by atoms with van der Waals surface area (Å²) in [5, 5.41) is 4.16. The van der Waals surface area contributed by atoms with Crippen LogP contribution in [0.1, 0.15) is 29.8 Å². The Morgan fingerprint density at radius 2 is 2.00 bits per heavy atom. The highest BCUT2D eigenvalue weighted by molar-refractivity contribution is 5.97. The van der Waals surface area contributed by atoms with Crippen LogP contribution < -0.4 is 4.74 Å². The van der Waals surface area contributed by atoms with E-state index < -0.39 is 0 Å². The van der Waals surface area contributed by atoms with Crippen LogP contribution in [-0.2, 0) is 13.0 Å². The van der Waals surface area contributed by atoms with Crippen LogP contribution in [-0.4, -0.2) is 22.2 Å². The summed E-state index contributed by atoms with van der Waals surface area (Å²) in [5.41, 5.74) is 1.65. The molecule has 0 aliphatic rings. The SMILES string of the molecule is CCOc1ccc(C(=O)Cc2cnn(CC)c2)cc1. The van der Waals surface area contributed by atoms with Crippen LogP contribution in [0, 0.1) is 0 Å². The van der Waals surface area contributed by atoms with Crippen molar-refractivity contribution in [3.63, 3.8) is 0 Å². The van der Waals surface area contributed by atoms with Crippen molar-refractivity contribution in [1.82, 2.24) is 9.78 Å². The van der Waals surface area contributed by atoms with Crippen molar-refractivity contribution in [3.8, 4) is 5.75 Å². The highest BCUT2D eigenvalue weighted by Gasteiger charge is 2.08. The number of carbonyl (C=O) groups excluding carboxylic acids is 1. The second kappa shape index (κ2) is 6.18. The minimum absolute atomic E-state index is 0.0960. The lowest BCUT2D eigenvalue weighted by Crippen LogP contribution is -2.03. The number of ketones is 1. The molecule has 0 aliphatic heterocycles. The van der Waals surface area contributed by atoms with Gasteiger partial charge in [0.15, 0.2) is 5.78 Å². The van der Waals surface area contributed by atoms with Crippen molar-refractivity contribution in [2.45, 2.75) is 26.8 Å². The number of ether oxygens (including phenoxy) is 1. The summed E-state index contributed by atoms with van der Waals surface area (Å²) in [4.78, 5) is 12.1. The van der Waals surface area contributed by atoms with Gasteiger partial charge in [-0.15, -0.1) is 0 Å². The number of aromatic nitrogens is 2. The molecule has 0 bridgehead atoms. The van der Waals surface area contributed by atoms with Gasteiger partial charge in [0.25, 0.3) is 0 Å². The number of carbonyl (C=O) groups is 1. The predicted octanol–water partition coefficient (Wildman–Crippen LogP) is 2.73. The van der Waals surface area contributed by atoms with Gasteiger partial charge in [0, 0.05) is 24.7 Å². The molecule has 0 unspecified atom stereocenters. The molecule has 1 aromatic carbocycles. The number of Topliss-reactive ketones (excluding diaryl/α,β-unsaturated/α-hetero) is 1. The van der Waals surface area contributed by atoms with Crippen LogP contribution in [0.3, 0.4) is 0 Å². The molecule has 2 aromatic rings. The van der Waals surface area contributed by atoms with Crippen LogP contribution in [0.5, 0.6) is 5.75 Å². The van der Waals surface area contributed by atoms with Crippen LogP contribution in [0.25, 0.3) is 0 Å². The van der Waals surface area contributed by atoms with Gasteiger partial charge in [0.05, 0.1) is 12.8 Å². The second-order valence-corrected chi connectivity index (χ2v) is 4.26. The quantitative estimate of drug-likeness (QED) is 0.748. The lowest BCUT2D eigenvalue weighted by molar-refractivity contribution is 0.0993. The zero-order valence-corrected chi connectivity index (χ0v) is 11.3. The molecule has 19 heavy (non-hydrogen) atoms. The third-order valence-corrected chi connectivity index (χ3v) is 2.86. The molecule has 0 aliphatic carbocycles. The molecule has 0 saturated heterocycles. The lowest BCUT2D eigenvalue weighted by atomic mass is 10.1. The minimum Gasteiger partial charge on any atom is -0.494 e. The van der Waals surface area contributed by atoms with E-state index in [0.29, 0.717) is 18.6 Å². The highest BCUT2D eigenvalue weighted by Crippen LogP contribution is 2.14. The zero-order valence-electron chi connectivity index (χ0n) is 11.3. The average molecular weight is 258 g/mol. The van der Waals surface area contributed by atoms with Gasteiger partial charge in [-0.2, -0.15) is 5.10 Å². The van der Waals surface area contributed by atoms with Gasteiger partial charge in [-0.05, 0) is 43.7 Å². The van der Waals surface area contributed by atoms with Crippen LogP contribution in [0.15, 0.2) is 36.7 Å². The molecule has 1 heterocycles. The van der Waals surface area contributed by atoms with E-state index in [4.69, 9.17) is 4.74 Å². The van der Waals surface area contributed by atoms with E-state index in [0.717, 1.165) is 17.9 Å². The second-order valence-electron chi connectivity index (χ2n) is 4.26. The Hall–Kier alpha value is -2.10. The third kappa shape index (κ3) is 3.44. The molecule has 4 heteroatoms. The molecule has 0 radical (unpaired) electrons. The monoisotopic (exact) mass is 258 g/mol. The molecule has 2 rings (SSSR count). The molecular formula is C15H18N2O2. The van der Waals surface area contributed by atoms with Crippen LogP contribution >= 0.6 is 0 Å². The first-order chi connectivity index (χ1) is 9.22. The first kappa shape index (κ1) is 13.3. The maximum atomic E-state index is 12.1. The van der Waals surface area contributed by atoms with Crippen LogP contribution in [0.2, 0.25) is 0 Å². The first-order valence-corrected chi connectivity index (χ1v) is 6.50. The first-order valence-electron chi connectivity index (χ1n) is 6.50. The van der Waals surface area contributed by atoms with Gasteiger partial charge in [-0.25, -0.2) is 0 Å². The fourth-order valence-corrected chi connectivity index (χ4v) is 1.86. The smallest absolute Gasteiger partial charge is 0.167 e. The number of hydrogen-bond donors (Lipinski definition) is 0. The van der Waals surface area contributed by atoms with E-state index in [1.165, 1.54) is 0 Å². The van der Waals surface area contributed by atoms with Gasteiger partial charge in [0.2, 0.25) is 0 Å². The number of hydrogen-bond acceptors (Lipinski definition) is 3. The molecule has 0 amide bonds. The van der Waals surface area contributed by atoms with E-state index >= 15 is 0 Å². The van der Waals surface area contributed by atoms with Gasteiger partial charge >= 0.3 is 0 Å². The predicted molar refractivity (Wildman–Crippen MR) is 73.5 cm³/mol. The summed E-state index contributed by atoms with van der Waals surface area (Å²) >= 11 is 0. The molecule has 0 atom stereocenters. The Balaban J connectivity index is 2.02. The maximum absolute atomic E-state index is 12.1. The standard InChI is InChI=1S/C15H18N2O2/c1-3-17-11-12(10-16-17)9-15(18)13-5-7-14(8-6-13)19-4-2/h5-8,10-11H,3-4,9H2,1-2H3. The Morgan fingerprint density at radius 3 is 2.58 bits per heavy atom. The molecule has 0 N–H and O–H groups in total. The normalized spacial score (nSPS) is 10.4. The van der Waals surface area contributed by atoms with E-state index in [1.54, 1.807) is 18.3 Å².